The highest BCUT2D eigenvalue weighted by molar-refractivity contribution is 5.76. The number of hydrogen-bond acceptors (Lipinski definition) is 5. The number of allylic oxidation sites excluding steroid dienone is 5. The van der Waals surface area contributed by atoms with Crippen molar-refractivity contribution in [1.82, 2.24) is 5.32 Å². The Morgan fingerprint density at radius 3 is 1.14 bits per heavy atom. The highest BCUT2D eigenvalue weighted by Crippen LogP contribution is 2.16. The number of aliphatic hydroxyl groups excluding tert-OH is 2. The number of rotatable bonds is 53. The van der Waals surface area contributed by atoms with Crippen LogP contribution >= 0.6 is 0 Å². The molecule has 0 aromatic heterocycles. The molecule has 2 unspecified atom stereocenters. The Bertz CT molecular complexity index is 1060. The van der Waals surface area contributed by atoms with Crippen LogP contribution in [0.4, 0.5) is 0 Å². The van der Waals surface area contributed by atoms with Crippen LogP contribution in [0.25, 0.3) is 0 Å². The van der Waals surface area contributed by atoms with Gasteiger partial charge in [-0.25, -0.2) is 0 Å². The van der Waals surface area contributed by atoms with E-state index in [2.05, 4.69) is 43.5 Å². The molecule has 0 aliphatic carbocycles. The summed E-state index contributed by atoms with van der Waals surface area (Å²) < 4.78 is 5.47. The summed E-state index contributed by atoms with van der Waals surface area (Å²) in [6.07, 6.45) is 67.4. The lowest BCUT2D eigenvalue weighted by Crippen LogP contribution is -2.45. The van der Waals surface area contributed by atoms with E-state index in [0.29, 0.717) is 19.4 Å². The second-order valence-electron chi connectivity index (χ2n) is 19.7. The summed E-state index contributed by atoms with van der Waals surface area (Å²) in [7, 11) is 0. The molecule has 0 aromatic rings. The number of carbonyl (C=O) groups excluding carboxylic acids is 2. The molecule has 382 valence electrons. The summed E-state index contributed by atoms with van der Waals surface area (Å²) >= 11 is 0. The van der Waals surface area contributed by atoms with Crippen LogP contribution in [0.5, 0.6) is 0 Å². The van der Waals surface area contributed by atoms with Gasteiger partial charge in [0.1, 0.15) is 0 Å². The first kappa shape index (κ1) is 63.1. The van der Waals surface area contributed by atoms with Crippen molar-refractivity contribution in [3.05, 3.63) is 36.5 Å². The van der Waals surface area contributed by atoms with Crippen LogP contribution < -0.4 is 5.32 Å². The van der Waals surface area contributed by atoms with E-state index in [1.54, 1.807) is 6.08 Å². The topological polar surface area (TPSA) is 95.9 Å². The molecule has 0 radical (unpaired) electrons. The van der Waals surface area contributed by atoms with Crippen molar-refractivity contribution >= 4 is 11.9 Å². The predicted molar refractivity (Wildman–Crippen MR) is 283 cm³/mol. The minimum atomic E-state index is -0.850. The molecule has 6 heteroatoms. The van der Waals surface area contributed by atoms with Gasteiger partial charge in [-0.3, -0.25) is 9.59 Å². The minimum Gasteiger partial charge on any atom is -0.466 e. The first-order valence-corrected chi connectivity index (χ1v) is 28.8. The molecular formula is C59H111NO5. The number of ether oxygens (including phenoxy) is 1. The quantitative estimate of drug-likeness (QED) is 0.0244. The summed E-state index contributed by atoms with van der Waals surface area (Å²) in [5.74, 6) is -0.0893. The van der Waals surface area contributed by atoms with Gasteiger partial charge in [0.05, 0.1) is 25.4 Å². The zero-order valence-electron chi connectivity index (χ0n) is 43.5. The van der Waals surface area contributed by atoms with Gasteiger partial charge in [-0.15, -0.1) is 0 Å². The monoisotopic (exact) mass is 914 g/mol. The molecule has 0 aromatic carbocycles. The molecule has 0 spiro atoms. The molecule has 0 saturated heterocycles. The van der Waals surface area contributed by atoms with Crippen LogP contribution in [-0.2, 0) is 14.3 Å². The second-order valence-corrected chi connectivity index (χ2v) is 19.7. The molecule has 1 amide bonds. The molecule has 0 aliphatic heterocycles. The highest BCUT2D eigenvalue weighted by atomic mass is 16.5. The third kappa shape index (κ3) is 51.3. The predicted octanol–water partition coefficient (Wildman–Crippen LogP) is 17.6. The van der Waals surface area contributed by atoms with E-state index >= 15 is 0 Å². The normalized spacial score (nSPS) is 12.9. The van der Waals surface area contributed by atoms with Gasteiger partial charge < -0.3 is 20.3 Å². The Labute approximate surface area is 404 Å². The van der Waals surface area contributed by atoms with Gasteiger partial charge in [0.25, 0.3) is 0 Å². The van der Waals surface area contributed by atoms with Crippen molar-refractivity contribution in [2.45, 2.75) is 315 Å². The van der Waals surface area contributed by atoms with Crippen LogP contribution in [0, 0.1) is 0 Å². The van der Waals surface area contributed by atoms with Crippen LogP contribution in [0.1, 0.15) is 303 Å². The van der Waals surface area contributed by atoms with E-state index in [4.69, 9.17) is 4.74 Å². The number of unbranched alkanes of at least 4 members (excludes halogenated alkanes) is 39. The summed E-state index contributed by atoms with van der Waals surface area (Å²) in [5, 5.41) is 23.0. The number of hydrogen-bond donors (Lipinski definition) is 3. The molecule has 0 saturated carbocycles. The fraction of sp³-hybridized carbons (Fsp3) is 0.864. The van der Waals surface area contributed by atoms with E-state index in [1.165, 1.54) is 199 Å². The van der Waals surface area contributed by atoms with Crippen LogP contribution in [-0.4, -0.2) is 47.4 Å². The first-order valence-electron chi connectivity index (χ1n) is 28.8. The maximum absolute atomic E-state index is 12.4. The number of aliphatic hydroxyl groups is 2. The van der Waals surface area contributed by atoms with E-state index in [9.17, 15) is 19.8 Å². The standard InChI is InChI=1S/C59H111NO5/c1-3-5-7-9-11-13-15-16-17-18-23-26-29-33-37-41-45-49-53-59(64)65-54-50-46-42-38-34-30-27-24-21-19-20-22-25-28-32-36-40-44-48-52-58(63)60-56(55-61)57(62)51-47-43-39-35-31-14-12-10-8-6-4-2/h24,27,30,34,47,51,56-57,61-62H,3-23,25-26,28-29,31-33,35-46,48-50,52-55H2,1-2H3,(H,60,63)/b27-24-,34-30-,51-47+. The zero-order valence-corrected chi connectivity index (χ0v) is 43.5. The van der Waals surface area contributed by atoms with Crippen LogP contribution in [0.3, 0.4) is 0 Å². The third-order valence-electron chi connectivity index (χ3n) is 13.2. The lowest BCUT2D eigenvalue weighted by Gasteiger charge is -2.20. The molecule has 3 N–H and O–H groups in total. The third-order valence-corrected chi connectivity index (χ3v) is 13.2. The zero-order chi connectivity index (χ0) is 47.2. The largest absolute Gasteiger partial charge is 0.466 e. The summed E-state index contributed by atoms with van der Waals surface area (Å²) in [5.41, 5.74) is 0. The number of nitrogens with one attached hydrogen (secondary N) is 1. The summed E-state index contributed by atoms with van der Waals surface area (Å²) in [6, 6.07) is -0.634. The average Bonchev–Trinajstić information content (AvgIpc) is 3.31. The van der Waals surface area contributed by atoms with Gasteiger partial charge >= 0.3 is 5.97 Å². The molecule has 0 fully saturated rings. The second kappa shape index (κ2) is 54.7. The van der Waals surface area contributed by atoms with Gasteiger partial charge in [-0.2, -0.15) is 0 Å². The fourth-order valence-electron chi connectivity index (χ4n) is 8.74. The molecule has 2 atom stereocenters. The van der Waals surface area contributed by atoms with Gasteiger partial charge in [0, 0.05) is 12.8 Å². The Morgan fingerprint density at radius 2 is 0.754 bits per heavy atom. The maximum atomic E-state index is 12.4. The lowest BCUT2D eigenvalue weighted by molar-refractivity contribution is -0.143. The van der Waals surface area contributed by atoms with E-state index in [1.807, 2.05) is 6.08 Å². The summed E-state index contributed by atoms with van der Waals surface area (Å²) in [4.78, 5) is 24.5. The highest BCUT2D eigenvalue weighted by Gasteiger charge is 2.18. The van der Waals surface area contributed by atoms with Crippen molar-refractivity contribution in [3.63, 3.8) is 0 Å². The number of esters is 1. The molecule has 0 bridgehead atoms. The number of amides is 1. The molecule has 0 heterocycles. The van der Waals surface area contributed by atoms with Gasteiger partial charge in [0.15, 0.2) is 0 Å². The van der Waals surface area contributed by atoms with Gasteiger partial charge in [-0.05, 0) is 64.2 Å². The lowest BCUT2D eigenvalue weighted by atomic mass is 10.0. The van der Waals surface area contributed by atoms with Crippen molar-refractivity contribution in [2.75, 3.05) is 13.2 Å². The van der Waals surface area contributed by atoms with Crippen LogP contribution in [0.2, 0.25) is 0 Å². The Hall–Kier alpha value is -1.92. The molecular weight excluding hydrogens is 803 g/mol. The molecule has 0 rings (SSSR count). The van der Waals surface area contributed by atoms with E-state index in [0.717, 1.165) is 77.0 Å². The Balaban J connectivity index is 3.46. The van der Waals surface area contributed by atoms with Crippen molar-refractivity contribution in [3.8, 4) is 0 Å². The molecule has 6 nitrogen and oxygen atoms in total. The average molecular weight is 915 g/mol. The Kier molecular flexibility index (Phi) is 53.1. The number of carbonyl (C=O) groups is 2. The van der Waals surface area contributed by atoms with Crippen molar-refractivity contribution in [2.24, 2.45) is 0 Å². The maximum Gasteiger partial charge on any atom is 0.305 e. The van der Waals surface area contributed by atoms with E-state index in [-0.39, 0.29) is 18.5 Å². The molecule has 0 aliphatic rings. The smallest absolute Gasteiger partial charge is 0.305 e. The van der Waals surface area contributed by atoms with Crippen LogP contribution in [0.15, 0.2) is 36.5 Å². The van der Waals surface area contributed by atoms with Gasteiger partial charge in [-0.1, -0.05) is 262 Å². The van der Waals surface area contributed by atoms with E-state index < -0.39 is 12.1 Å². The molecule has 65 heavy (non-hydrogen) atoms. The fourth-order valence-corrected chi connectivity index (χ4v) is 8.74. The Morgan fingerprint density at radius 1 is 0.431 bits per heavy atom. The van der Waals surface area contributed by atoms with Crippen molar-refractivity contribution in [1.29, 1.82) is 0 Å². The minimum absolute atomic E-state index is 0.0101. The summed E-state index contributed by atoms with van der Waals surface area (Å²) in [6.45, 7) is 4.86. The SMILES string of the molecule is CCCCCCCCCCC/C=C/C(O)C(CO)NC(=O)CCCCCCCCCCCC/C=C\C=C/CCCCCOC(=O)CCCCCCCCCCCCCCCCCCCC. The first-order chi connectivity index (χ1) is 32.0. The van der Waals surface area contributed by atoms with Gasteiger partial charge in [0.2, 0.25) is 5.91 Å². The van der Waals surface area contributed by atoms with Crippen molar-refractivity contribution < 1.29 is 24.5 Å².